The molecular formula is C19H14BrN3O6. The van der Waals surface area contributed by atoms with Crippen molar-refractivity contribution < 1.29 is 24.0 Å². The van der Waals surface area contributed by atoms with Crippen molar-refractivity contribution in [2.45, 2.75) is 0 Å². The lowest BCUT2D eigenvalue weighted by Crippen LogP contribution is -2.32. The van der Waals surface area contributed by atoms with Gasteiger partial charge in [0.15, 0.2) is 6.61 Å². The molecule has 0 saturated heterocycles. The zero-order chi connectivity index (χ0) is 21.1. The van der Waals surface area contributed by atoms with Crippen LogP contribution in [0.3, 0.4) is 0 Å². The van der Waals surface area contributed by atoms with Gasteiger partial charge in [-0.05, 0) is 28.1 Å². The first-order valence-corrected chi connectivity index (χ1v) is 9.07. The number of non-ortho nitro benzene ring substituents is 1. The van der Waals surface area contributed by atoms with Crippen LogP contribution in [0.4, 0.5) is 11.4 Å². The SMILES string of the molecule is C=C1c2ccccc2C(=O)N1CC(=O)OCC(=O)Nc1ccc([N+](=O)[O-])cc1Br. The predicted octanol–water partition coefficient (Wildman–Crippen LogP) is 2.97. The number of anilines is 1. The zero-order valence-electron chi connectivity index (χ0n) is 14.9. The summed E-state index contributed by atoms with van der Waals surface area (Å²) in [5.74, 6) is -1.77. The van der Waals surface area contributed by atoms with Crippen LogP contribution in [-0.2, 0) is 14.3 Å². The van der Waals surface area contributed by atoms with Crippen LogP contribution in [0.15, 0.2) is 53.5 Å². The van der Waals surface area contributed by atoms with Gasteiger partial charge in [-0.3, -0.25) is 29.4 Å². The molecule has 0 saturated carbocycles. The van der Waals surface area contributed by atoms with Gasteiger partial charge in [-0.15, -0.1) is 0 Å². The number of carbonyl (C=O) groups excluding carboxylic acids is 3. The second-order valence-electron chi connectivity index (χ2n) is 6.01. The standard InChI is InChI=1S/C19H14BrN3O6/c1-11-13-4-2-3-5-14(13)19(26)22(11)9-18(25)29-10-17(24)21-16-7-6-12(23(27)28)8-15(16)20/h2-8H,1,9-10H2,(H,21,24). The first-order chi connectivity index (χ1) is 13.8. The molecule has 0 aromatic heterocycles. The monoisotopic (exact) mass is 459 g/mol. The lowest BCUT2D eigenvalue weighted by molar-refractivity contribution is -0.384. The first kappa shape index (κ1) is 20.2. The Balaban J connectivity index is 1.54. The summed E-state index contributed by atoms with van der Waals surface area (Å²) in [4.78, 5) is 47.8. The quantitative estimate of drug-likeness (QED) is 0.402. The molecule has 9 nitrogen and oxygen atoms in total. The van der Waals surface area contributed by atoms with E-state index < -0.39 is 23.4 Å². The van der Waals surface area contributed by atoms with Crippen LogP contribution in [0.1, 0.15) is 15.9 Å². The van der Waals surface area contributed by atoms with Crippen molar-refractivity contribution in [2.24, 2.45) is 0 Å². The molecule has 1 aliphatic heterocycles. The number of halogens is 1. The Morgan fingerprint density at radius 1 is 1.21 bits per heavy atom. The summed E-state index contributed by atoms with van der Waals surface area (Å²) in [5, 5.41) is 13.2. The summed E-state index contributed by atoms with van der Waals surface area (Å²) in [7, 11) is 0. The Labute approximate surface area is 173 Å². The molecule has 0 bridgehead atoms. The van der Waals surface area contributed by atoms with Crippen molar-refractivity contribution in [3.63, 3.8) is 0 Å². The minimum atomic E-state index is -0.773. The Morgan fingerprint density at radius 2 is 1.90 bits per heavy atom. The number of nitro groups is 1. The molecule has 0 atom stereocenters. The molecule has 2 amide bonds. The van der Waals surface area contributed by atoms with Gasteiger partial charge in [0, 0.05) is 33.4 Å². The normalized spacial score (nSPS) is 12.5. The van der Waals surface area contributed by atoms with Gasteiger partial charge in [-0.2, -0.15) is 0 Å². The van der Waals surface area contributed by atoms with Gasteiger partial charge >= 0.3 is 5.97 Å². The number of ether oxygens (including phenoxy) is 1. The topological polar surface area (TPSA) is 119 Å². The summed E-state index contributed by atoms with van der Waals surface area (Å²) in [6.45, 7) is 2.87. The largest absolute Gasteiger partial charge is 0.454 e. The number of hydrogen-bond donors (Lipinski definition) is 1. The van der Waals surface area contributed by atoms with E-state index in [1.54, 1.807) is 24.3 Å². The predicted molar refractivity (Wildman–Crippen MR) is 107 cm³/mol. The van der Waals surface area contributed by atoms with E-state index in [0.717, 1.165) is 0 Å². The number of hydrogen-bond acceptors (Lipinski definition) is 6. The summed E-state index contributed by atoms with van der Waals surface area (Å²) < 4.78 is 5.23. The van der Waals surface area contributed by atoms with Crippen molar-refractivity contribution in [1.82, 2.24) is 4.90 Å². The second kappa shape index (κ2) is 8.23. The maximum absolute atomic E-state index is 12.4. The van der Waals surface area contributed by atoms with E-state index >= 15 is 0 Å². The van der Waals surface area contributed by atoms with E-state index in [1.807, 2.05) is 0 Å². The number of nitrogens with zero attached hydrogens (tertiary/aromatic N) is 2. The molecule has 0 unspecified atom stereocenters. The molecule has 148 valence electrons. The van der Waals surface area contributed by atoms with Gasteiger partial charge in [0.2, 0.25) is 0 Å². The second-order valence-corrected chi connectivity index (χ2v) is 6.87. The zero-order valence-corrected chi connectivity index (χ0v) is 16.5. The highest BCUT2D eigenvalue weighted by atomic mass is 79.9. The number of nitrogens with one attached hydrogen (secondary N) is 1. The van der Waals surface area contributed by atoms with Crippen LogP contribution >= 0.6 is 15.9 Å². The Hall–Kier alpha value is -3.53. The average molecular weight is 460 g/mol. The van der Waals surface area contributed by atoms with Crippen LogP contribution in [0.5, 0.6) is 0 Å². The summed E-state index contributed by atoms with van der Waals surface area (Å²) >= 11 is 3.13. The van der Waals surface area contributed by atoms with Gasteiger partial charge in [-0.25, -0.2) is 0 Å². The molecule has 0 aliphatic carbocycles. The smallest absolute Gasteiger partial charge is 0.326 e. The highest BCUT2D eigenvalue weighted by Crippen LogP contribution is 2.31. The van der Waals surface area contributed by atoms with E-state index in [9.17, 15) is 24.5 Å². The Kier molecular flexibility index (Phi) is 5.74. The highest BCUT2D eigenvalue weighted by Gasteiger charge is 2.32. The molecule has 29 heavy (non-hydrogen) atoms. The fourth-order valence-corrected chi connectivity index (χ4v) is 3.19. The van der Waals surface area contributed by atoms with Gasteiger partial charge in [0.05, 0.1) is 10.6 Å². The number of amides is 2. The van der Waals surface area contributed by atoms with E-state index in [-0.39, 0.29) is 23.8 Å². The van der Waals surface area contributed by atoms with Crippen LogP contribution in [-0.4, -0.2) is 40.8 Å². The van der Waals surface area contributed by atoms with Crippen molar-refractivity contribution >= 4 is 50.8 Å². The molecule has 1 aliphatic rings. The van der Waals surface area contributed by atoms with Crippen molar-refractivity contribution in [1.29, 1.82) is 0 Å². The van der Waals surface area contributed by atoms with E-state index in [4.69, 9.17) is 4.74 Å². The number of nitro benzene ring substituents is 1. The van der Waals surface area contributed by atoms with Crippen molar-refractivity contribution in [2.75, 3.05) is 18.5 Å². The van der Waals surface area contributed by atoms with Crippen LogP contribution in [0.2, 0.25) is 0 Å². The minimum Gasteiger partial charge on any atom is -0.454 e. The van der Waals surface area contributed by atoms with Gasteiger partial charge in [0.25, 0.3) is 17.5 Å². The van der Waals surface area contributed by atoms with Gasteiger partial charge in [-0.1, -0.05) is 24.8 Å². The Morgan fingerprint density at radius 3 is 2.52 bits per heavy atom. The third-order valence-electron chi connectivity index (χ3n) is 4.13. The molecule has 3 rings (SSSR count). The molecule has 10 heteroatoms. The van der Waals surface area contributed by atoms with Crippen LogP contribution < -0.4 is 5.32 Å². The summed E-state index contributed by atoms with van der Waals surface area (Å²) in [5.41, 5.74) is 1.63. The molecule has 2 aromatic rings. The number of esters is 1. The maximum Gasteiger partial charge on any atom is 0.326 e. The molecule has 1 heterocycles. The highest BCUT2D eigenvalue weighted by molar-refractivity contribution is 9.10. The third kappa shape index (κ3) is 4.32. The van der Waals surface area contributed by atoms with E-state index in [2.05, 4.69) is 27.8 Å². The lowest BCUT2D eigenvalue weighted by Gasteiger charge is -2.16. The summed E-state index contributed by atoms with van der Waals surface area (Å²) in [6.07, 6.45) is 0. The molecule has 2 aromatic carbocycles. The lowest BCUT2D eigenvalue weighted by atomic mass is 10.1. The molecule has 0 spiro atoms. The fraction of sp³-hybridized carbons (Fsp3) is 0.105. The van der Waals surface area contributed by atoms with Crippen molar-refractivity contribution in [3.8, 4) is 0 Å². The van der Waals surface area contributed by atoms with Crippen LogP contribution in [0.25, 0.3) is 5.70 Å². The van der Waals surface area contributed by atoms with Crippen molar-refractivity contribution in [3.05, 3.63) is 74.8 Å². The minimum absolute atomic E-state index is 0.141. The number of benzene rings is 2. The third-order valence-corrected chi connectivity index (χ3v) is 4.78. The van der Waals surface area contributed by atoms with E-state index in [0.29, 0.717) is 21.3 Å². The van der Waals surface area contributed by atoms with E-state index in [1.165, 1.54) is 23.1 Å². The number of carbonyl (C=O) groups is 3. The molecule has 0 fully saturated rings. The number of rotatable bonds is 6. The maximum atomic E-state index is 12.4. The van der Waals surface area contributed by atoms with Crippen LogP contribution in [0, 0.1) is 10.1 Å². The molecule has 1 N–H and O–H groups in total. The number of fused-ring (bicyclic) bond motifs is 1. The average Bonchev–Trinajstić information content (AvgIpc) is 2.93. The fourth-order valence-electron chi connectivity index (χ4n) is 2.73. The first-order valence-electron chi connectivity index (χ1n) is 8.27. The molecule has 0 radical (unpaired) electrons. The molecular weight excluding hydrogens is 446 g/mol. The van der Waals surface area contributed by atoms with Gasteiger partial charge in [0.1, 0.15) is 6.54 Å². The Bertz CT molecular complexity index is 1020. The van der Waals surface area contributed by atoms with Gasteiger partial charge < -0.3 is 10.1 Å². The summed E-state index contributed by atoms with van der Waals surface area (Å²) in [6, 6.07) is 10.7.